The highest BCUT2D eigenvalue weighted by Crippen LogP contribution is 2.18. The Bertz CT molecular complexity index is 379. The van der Waals surface area contributed by atoms with Gasteiger partial charge in [-0.1, -0.05) is 23.7 Å². The normalized spacial score (nSPS) is 10.6. The third kappa shape index (κ3) is 3.72. The SMILES string of the molecule is CC(C)N(CCCO)C(=O)c1ccccc1Cl. The molecule has 0 unspecified atom stereocenters. The number of hydrogen-bond donors (Lipinski definition) is 1. The van der Waals surface area contributed by atoms with Gasteiger partial charge in [-0.25, -0.2) is 0 Å². The average Bonchev–Trinajstić information content (AvgIpc) is 2.29. The number of rotatable bonds is 5. The molecule has 94 valence electrons. The second-order valence-corrected chi connectivity index (χ2v) is 4.56. The lowest BCUT2D eigenvalue weighted by atomic mass is 10.1. The minimum Gasteiger partial charge on any atom is -0.396 e. The Balaban J connectivity index is 2.88. The molecule has 0 aliphatic rings. The van der Waals surface area contributed by atoms with Crippen LogP contribution in [0.1, 0.15) is 30.6 Å². The number of hydrogen-bond acceptors (Lipinski definition) is 2. The molecule has 0 heterocycles. The maximum absolute atomic E-state index is 12.3. The van der Waals surface area contributed by atoms with Crippen LogP contribution in [0.4, 0.5) is 0 Å². The van der Waals surface area contributed by atoms with Crippen LogP contribution in [0.15, 0.2) is 24.3 Å². The summed E-state index contributed by atoms with van der Waals surface area (Å²) in [6.45, 7) is 4.52. The Kier molecular flexibility index (Phi) is 5.45. The number of halogens is 1. The van der Waals surface area contributed by atoms with Gasteiger partial charge in [-0.2, -0.15) is 0 Å². The first-order valence-electron chi connectivity index (χ1n) is 5.74. The van der Waals surface area contributed by atoms with E-state index in [1.54, 1.807) is 29.2 Å². The highest BCUT2D eigenvalue weighted by Gasteiger charge is 2.19. The first-order chi connectivity index (χ1) is 8.07. The maximum Gasteiger partial charge on any atom is 0.255 e. The van der Waals surface area contributed by atoms with E-state index < -0.39 is 0 Å². The van der Waals surface area contributed by atoms with E-state index in [0.717, 1.165) is 0 Å². The smallest absolute Gasteiger partial charge is 0.255 e. The van der Waals surface area contributed by atoms with Crippen LogP contribution in [0.3, 0.4) is 0 Å². The van der Waals surface area contributed by atoms with Gasteiger partial charge in [0.1, 0.15) is 0 Å². The van der Waals surface area contributed by atoms with E-state index in [9.17, 15) is 4.79 Å². The van der Waals surface area contributed by atoms with Crippen molar-refractivity contribution in [2.45, 2.75) is 26.3 Å². The molecule has 1 N–H and O–H groups in total. The van der Waals surface area contributed by atoms with Crippen LogP contribution in [0.5, 0.6) is 0 Å². The first kappa shape index (κ1) is 14.0. The van der Waals surface area contributed by atoms with Crippen molar-refractivity contribution >= 4 is 17.5 Å². The van der Waals surface area contributed by atoms with Gasteiger partial charge >= 0.3 is 0 Å². The summed E-state index contributed by atoms with van der Waals surface area (Å²) in [6.07, 6.45) is 0.578. The van der Waals surface area contributed by atoms with E-state index >= 15 is 0 Å². The van der Waals surface area contributed by atoms with Gasteiger partial charge in [0, 0.05) is 19.2 Å². The molecule has 0 saturated carbocycles. The fourth-order valence-electron chi connectivity index (χ4n) is 1.62. The molecule has 0 fully saturated rings. The van der Waals surface area contributed by atoms with E-state index in [2.05, 4.69) is 0 Å². The molecular formula is C13H18ClNO2. The molecule has 1 amide bonds. The quantitative estimate of drug-likeness (QED) is 0.879. The predicted octanol–water partition coefficient (Wildman–Crippen LogP) is 2.57. The molecule has 1 rings (SSSR count). The van der Waals surface area contributed by atoms with Gasteiger partial charge in [0.05, 0.1) is 10.6 Å². The van der Waals surface area contributed by atoms with Gasteiger partial charge in [0.15, 0.2) is 0 Å². The maximum atomic E-state index is 12.3. The highest BCUT2D eigenvalue weighted by atomic mass is 35.5. The Hall–Kier alpha value is -1.06. The monoisotopic (exact) mass is 255 g/mol. The third-order valence-electron chi connectivity index (χ3n) is 2.55. The van der Waals surface area contributed by atoms with Crippen LogP contribution < -0.4 is 0 Å². The molecular weight excluding hydrogens is 238 g/mol. The van der Waals surface area contributed by atoms with Crippen molar-refractivity contribution in [1.29, 1.82) is 0 Å². The van der Waals surface area contributed by atoms with Gasteiger partial charge in [-0.15, -0.1) is 0 Å². The molecule has 0 aromatic heterocycles. The number of benzene rings is 1. The highest BCUT2D eigenvalue weighted by molar-refractivity contribution is 6.33. The topological polar surface area (TPSA) is 40.5 Å². The van der Waals surface area contributed by atoms with Crippen molar-refractivity contribution in [2.24, 2.45) is 0 Å². The van der Waals surface area contributed by atoms with Crippen LogP contribution in [0.25, 0.3) is 0 Å². The lowest BCUT2D eigenvalue weighted by molar-refractivity contribution is 0.0693. The summed E-state index contributed by atoms with van der Waals surface area (Å²) in [5.41, 5.74) is 0.515. The standard InChI is InChI=1S/C13H18ClNO2/c1-10(2)15(8-5-9-16)13(17)11-6-3-4-7-12(11)14/h3-4,6-7,10,16H,5,8-9H2,1-2H3. The van der Waals surface area contributed by atoms with Gasteiger partial charge in [-0.3, -0.25) is 4.79 Å². The fraction of sp³-hybridized carbons (Fsp3) is 0.462. The van der Waals surface area contributed by atoms with E-state index in [1.807, 2.05) is 13.8 Å². The molecule has 4 heteroatoms. The van der Waals surface area contributed by atoms with Crippen molar-refractivity contribution in [3.05, 3.63) is 34.9 Å². The lowest BCUT2D eigenvalue weighted by Crippen LogP contribution is -2.38. The minimum absolute atomic E-state index is 0.0824. The van der Waals surface area contributed by atoms with E-state index in [-0.39, 0.29) is 18.6 Å². The summed E-state index contributed by atoms with van der Waals surface area (Å²) >= 11 is 6.01. The van der Waals surface area contributed by atoms with Crippen molar-refractivity contribution in [3.8, 4) is 0 Å². The van der Waals surface area contributed by atoms with E-state index in [1.165, 1.54) is 0 Å². The van der Waals surface area contributed by atoms with Crippen LogP contribution in [-0.4, -0.2) is 35.1 Å². The van der Waals surface area contributed by atoms with E-state index in [0.29, 0.717) is 23.6 Å². The summed E-state index contributed by atoms with van der Waals surface area (Å²) in [7, 11) is 0. The van der Waals surface area contributed by atoms with Crippen LogP contribution >= 0.6 is 11.6 Å². The van der Waals surface area contributed by atoms with Crippen molar-refractivity contribution < 1.29 is 9.90 Å². The predicted molar refractivity (Wildman–Crippen MR) is 69.3 cm³/mol. The Labute approximate surface area is 107 Å². The van der Waals surface area contributed by atoms with Crippen molar-refractivity contribution in [1.82, 2.24) is 4.90 Å². The first-order valence-corrected chi connectivity index (χ1v) is 6.12. The van der Waals surface area contributed by atoms with Gasteiger partial charge in [0.25, 0.3) is 5.91 Å². The molecule has 17 heavy (non-hydrogen) atoms. The Morgan fingerprint density at radius 2 is 2.06 bits per heavy atom. The lowest BCUT2D eigenvalue weighted by Gasteiger charge is -2.27. The zero-order chi connectivity index (χ0) is 12.8. The summed E-state index contributed by atoms with van der Waals surface area (Å²) < 4.78 is 0. The zero-order valence-corrected chi connectivity index (χ0v) is 10.9. The molecule has 0 saturated heterocycles. The Morgan fingerprint density at radius 3 is 2.59 bits per heavy atom. The van der Waals surface area contributed by atoms with Gasteiger partial charge in [-0.05, 0) is 32.4 Å². The minimum atomic E-state index is -0.0842. The van der Waals surface area contributed by atoms with E-state index in [4.69, 9.17) is 16.7 Å². The fourth-order valence-corrected chi connectivity index (χ4v) is 1.84. The molecule has 0 aliphatic carbocycles. The number of nitrogens with zero attached hydrogens (tertiary/aromatic N) is 1. The summed E-state index contributed by atoms with van der Waals surface area (Å²) in [4.78, 5) is 14.0. The molecule has 0 bridgehead atoms. The summed E-state index contributed by atoms with van der Waals surface area (Å²) in [5.74, 6) is -0.0842. The van der Waals surface area contributed by atoms with Crippen LogP contribution in [0, 0.1) is 0 Å². The molecule has 1 aromatic rings. The number of amides is 1. The summed E-state index contributed by atoms with van der Waals surface area (Å²) in [5, 5.41) is 9.30. The third-order valence-corrected chi connectivity index (χ3v) is 2.88. The van der Waals surface area contributed by atoms with Crippen LogP contribution in [-0.2, 0) is 0 Å². The molecule has 0 radical (unpaired) electrons. The average molecular weight is 256 g/mol. The molecule has 3 nitrogen and oxygen atoms in total. The van der Waals surface area contributed by atoms with Crippen LogP contribution in [0.2, 0.25) is 5.02 Å². The van der Waals surface area contributed by atoms with Gasteiger partial charge < -0.3 is 10.0 Å². The second kappa shape index (κ2) is 6.62. The zero-order valence-electron chi connectivity index (χ0n) is 10.2. The molecule has 1 aromatic carbocycles. The van der Waals surface area contributed by atoms with Gasteiger partial charge in [0.2, 0.25) is 0 Å². The number of carbonyl (C=O) groups excluding carboxylic acids is 1. The largest absolute Gasteiger partial charge is 0.396 e. The molecule has 0 atom stereocenters. The Morgan fingerprint density at radius 1 is 1.41 bits per heavy atom. The number of aliphatic hydroxyl groups is 1. The van der Waals surface area contributed by atoms with Crippen molar-refractivity contribution in [2.75, 3.05) is 13.2 Å². The molecule has 0 spiro atoms. The second-order valence-electron chi connectivity index (χ2n) is 4.15. The van der Waals surface area contributed by atoms with Crippen molar-refractivity contribution in [3.63, 3.8) is 0 Å². The summed E-state index contributed by atoms with van der Waals surface area (Å²) in [6, 6.07) is 7.11. The number of carbonyl (C=O) groups is 1. The molecule has 0 aliphatic heterocycles. The number of aliphatic hydroxyl groups excluding tert-OH is 1.